The minimum absolute atomic E-state index is 0.148. The maximum absolute atomic E-state index is 12.3. The SMILES string of the molecule is CNC(=O)c1ccc(C(C)C(C)CNc2cc(-c3ccc(NCC(F)F)nc3)ncn2)c(OC)c1. The monoisotopic (exact) mass is 484 g/mol. The Morgan fingerprint density at radius 2 is 1.77 bits per heavy atom. The molecule has 0 aliphatic rings. The summed E-state index contributed by atoms with van der Waals surface area (Å²) in [5.74, 6) is 1.92. The van der Waals surface area contributed by atoms with Crippen molar-refractivity contribution >= 4 is 17.5 Å². The standard InChI is InChI=1S/C25H30F2N6O2/c1-15(16(2)19-7-5-17(25(34)28-3)9-21(19)35-4)11-29-24-10-20(32-14-33-24)18-6-8-23(30-12-18)31-13-22(26)27/h5-10,12,14-16,22H,11,13H2,1-4H3,(H,28,34)(H,30,31)(H,29,32,33). The molecule has 0 aliphatic carbocycles. The second kappa shape index (κ2) is 12.0. The van der Waals surface area contributed by atoms with E-state index in [9.17, 15) is 13.6 Å². The molecule has 0 bridgehead atoms. The first-order chi connectivity index (χ1) is 16.8. The minimum atomic E-state index is -2.44. The molecule has 35 heavy (non-hydrogen) atoms. The number of pyridine rings is 1. The van der Waals surface area contributed by atoms with Crippen LogP contribution in [0, 0.1) is 5.92 Å². The molecule has 0 aliphatic heterocycles. The highest BCUT2D eigenvalue weighted by Crippen LogP contribution is 2.33. The van der Waals surface area contributed by atoms with Gasteiger partial charge in [-0.2, -0.15) is 0 Å². The Bertz CT molecular complexity index is 1130. The van der Waals surface area contributed by atoms with Gasteiger partial charge in [-0.1, -0.05) is 19.9 Å². The van der Waals surface area contributed by atoms with E-state index in [0.717, 1.165) is 11.1 Å². The summed E-state index contributed by atoms with van der Waals surface area (Å²) in [4.78, 5) is 24.7. The van der Waals surface area contributed by atoms with E-state index in [1.807, 2.05) is 12.1 Å². The van der Waals surface area contributed by atoms with E-state index in [1.165, 1.54) is 6.33 Å². The lowest BCUT2D eigenvalue weighted by atomic mass is 9.87. The molecule has 1 aromatic carbocycles. The zero-order chi connectivity index (χ0) is 25.4. The van der Waals surface area contributed by atoms with E-state index in [-0.39, 0.29) is 17.7 Å². The van der Waals surface area contributed by atoms with E-state index in [2.05, 4.69) is 44.7 Å². The predicted octanol–water partition coefficient (Wildman–Crippen LogP) is 4.44. The van der Waals surface area contributed by atoms with Gasteiger partial charge in [0.25, 0.3) is 12.3 Å². The maximum Gasteiger partial charge on any atom is 0.255 e. The van der Waals surface area contributed by atoms with E-state index >= 15 is 0 Å². The molecule has 3 rings (SSSR count). The largest absolute Gasteiger partial charge is 0.496 e. The lowest BCUT2D eigenvalue weighted by Crippen LogP contribution is -2.20. The van der Waals surface area contributed by atoms with Crippen LogP contribution in [0.4, 0.5) is 20.4 Å². The minimum Gasteiger partial charge on any atom is -0.496 e. The summed E-state index contributed by atoms with van der Waals surface area (Å²) in [7, 11) is 3.19. The Kier molecular flexibility index (Phi) is 8.88. The Balaban J connectivity index is 1.65. The topological polar surface area (TPSA) is 101 Å². The first kappa shape index (κ1) is 25.8. The first-order valence-electron chi connectivity index (χ1n) is 11.3. The fourth-order valence-electron chi connectivity index (χ4n) is 3.57. The maximum atomic E-state index is 12.3. The number of ether oxygens (including phenoxy) is 1. The third kappa shape index (κ3) is 6.84. The third-order valence-corrected chi connectivity index (χ3v) is 5.84. The van der Waals surface area contributed by atoms with E-state index < -0.39 is 13.0 Å². The molecule has 1 amide bonds. The number of rotatable bonds is 11. The number of anilines is 2. The van der Waals surface area contributed by atoms with Gasteiger partial charge in [-0.25, -0.2) is 23.7 Å². The van der Waals surface area contributed by atoms with Crippen LogP contribution in [0.3, 0.4) is 0 Å². The number of aromatic nitrogens is 3. The van der Waals surface area contributed by atoms with Crippen LogP contribution in [0.2, 0.25) is 0 Å². The van der Waals surface area contributed by atoms with Crippen molar-refractivity contribution in [1.82, 2.24) is 20.3 Å². The van der Waals surface area contributed by atoms with Gasteiger partial charge in [0.05, 0.1) is 19.3 Å². The molecule has 2 aromatic heterocycles. The number of carbonyl (C=O) groups excluding carboxylic acids is 1. The number of halogens is 2. The highest BCUT2D eigenvalue weighted by molar-refractivity contribution is 5.94. The van der Waals surface area contributed by atoms with Crippen molar-refractivity contribution in [3.8, 4) is 17.0 Å². The average molecular weight is 485 g/mol. The number of benzene rings is 1. The van der Waals surface area contributed by atoms with Gasteiger partial charge in [0.15, 0.2) is 0 Å². The number of hydrogen-bond acceptors (Lipinski definition) is 7. The summed E-state index contributed by atoms with van der Waals surface area (Å²) >= 11 is 0. The van der Waals surface area contributed by atoms with Crippen LogP contribution in [0.1, 0.15) is 35.7 Å². The van der Waals surface area contributed by atoms with Crippen molar-refractivity contribution in [2.24, 2.45) is 5.92 Å². The summed E-state index contributed by atoms with van der Waals surface area (Å²) in [5.41, 5.74) is 2.99. The molecule has 2 unspecified atom stereocenters. The normalized spacial score (nSPS) is 12.7. The van der Waals surface area contributed by atoms with E-state index in [1.54, 1.807) is 44.6 Å². The highest BCUT2D eigenvalue weighted by atomic mass is 19.3. The first-order valence-corrected chi connectivity index (χ1v) is 11.3. The molecule has 2 atom stereocenters. The number of nitrogens with zero attached hydrogens (tertiary/aromatic N) is 3. The van der Waals surface area contributed by atoms with Crippen LogP contribution in [-0.2, 0) is 0 Å². The second-order valence-corrected chi connectivity index (χ2v) is 8.18. The fraction of sp³-hybridized carbons (Fsp3) is 0.360. The zero-order valence-corrected chi connectivity index (χ0v) is 20.2. The molecule has 3 N–H and O–H groups in total. The number of alkyl halides is 2. The van der Waals surface area contributed by atoms with Gasteiger partial charge < -0.3 is 20.7 Å². The van der Waals surface area contributed by atoms with Crippen LogP contribution in [0.25, 0.3) is 11.3 Å². The lowest BCUT2D eigenvalue weighted by molar-refractivity contribution is 0.0962. The Labute approximate surface area is 203 Å². The number of amides is 1. The molecule has 0 spiro atoms. The molecule has 2 heterocycles. The highest BCUT2D eigenvalue weighted by Gasteiger charge is 2.20. The summed E-state index contributed by atoms with van der Waals surface area (Å²) in [5, 5.41) is 8.55. The lowest BCUT2D eigenvalue weighted by Gasteiger charge is -2.23. The summed E-state index contributed by atoms with van der Waals surface area (Å²) in [6.45, 7) is 4.44. The Hall–Kier alpha value is -3.82. The van der Waals surface area contributed by atoms with Crippen LogP contribution in [0.15, 0.2) is 48.9 Å². The van der Waals surface area contributed by atoms with Crippen molar-refractivity contribution in [3.05, 3.63) is 60.0 Å². The van der Waals surface area contributed by atoms with Crippen molar-refractivity contribution in [1.29, 1.82) is 0 Å². The molecule has 0 saturated carbocycles. The smallest absolute Gasteiger partial charge is 0.255 e. The quantitative estimate of drug-likeness (QED) is 0.370. The summed E-state index contributed by atoms with van der Waals surface area (Å²) in [6.07, 6.45) is 0.606. The van der Waals surface area contributed by atoms with Crippen molar-refractivity contribution in [2.75, 3.05) is 37.9 Å². The second-order valence-electron chi connectivity index (χ2n) is 8.18. The van der Waals surface area contributed by atoms with Gasteiger partial charge in [0.2, 0.25) is 0 Å². The molecular weight excluding hydrogens is 454 g/mol. The fourth-order valence-corrected chi connectivity index (χ4v) is 3.57. The molecule has 0 fully saturated rings. The van der Waals surface area contributed by atoms with E-state index in [0.29, 0.717) is 35.2 Å². The van der Waals surface area contributed by atoms with Crippen molar-refractivity contribution in [2.45, 2.75) is 26.2 Å². The van der Waals surface area contributed by atoms with E-state index in [4.69, 9.17) is 4.74 Å². The van der Waals surface area contributed by atoms with Gasteiger partial charge in [-0.15, -0.1) is 0 Å². The van der Waals surface area contributed by atoms with Crippen LogP contribution < -0.4 is 20.7 Å². The van der Waals surface area contributed by atoms with Crippen molar-refractivity contribution < 1.29 is 18.3 Å². The summed E-state index contributed by atoms with van der Waals surface area (Å²) in [6, 6.07) is 10.7. The van der Waals surface area contributed by atoms with Crippen LogP contribution in [-0.4, -0.2) is 54.5 Å². The van der Waals surface area contributed by atoms with Crippen LogP contribution >= 0.6 is 0 Å². The Morgan fingerprint density at radius 3 is 2.43 bits per heavy atom. The molecule has 0 saturated heterocycles. The zero-order valence-electron chi connectivity index (χ0n) is 20.2. The molecule has 186 valence electrons. The predicted molar refractivity (Wildman–Crippen MR) is 132 cm³/mol. The van der Waals surface area contributed by atoms with Gasteiger partial charge in [0, 0.05) is 37.0 Å². The Morgan fingerprint density at radius 1 is 1.00 bits per heavy atom. The number of carbonyl (C=O) groups is 1. The van der Waals surface area contributed by atoms with Crippen molar-refractivity contribution in [3.63, 3.8) is 0 Å². The average Bonchev–Trinajstić information content (AvgIpc) is 2.89. The molecular formula is C25H30F2N6O2. The molecule has 3 aromatic rings. The van der Waals surface area contributed by atoms with Crippen LogP contribution in [0.5, 0.6) is 5.75 Å². The van der Waals surface area contributed by atoms with Gasteiger partial charge in [-0.05, 0) is 41.7 Å². The molecule has 0 radical (unpaired) electrons. The van der Waals surface area contributed by atoms with Gasteiger partial charge in [-0.3, -0.25) is 4.79 Å². The number of hydrogen-bond donors (Lipinski definition) is 3. The third-order valence-electron chi connectivity index (χ3n) is 5.84. The summed E-state index contributed by atoms with van der Waals surface area (Å²) < 4.78 is 30.2. The van der Waals surface area contributed by atoms with Gasteiger partial charge in [0.1, 0.15) is 23.7 Å². The number of methoxy groups -OCH3 is 1. The molecule has 10 heteroatoms. The number of nitrogens with one attached hydrogen (secondary N) is 3. The molecule has 8 nitrogen and oxygen atoms in total. The van der Waals surface area contributed by atoms with Gasteiger partial charge >= 0.3 is 0 Å².